The van der Waals surface area contributed by atoms with Crippen LogP contribution in [0.15, 0.2) is 103 Å². The average molecular weight is 523 g/mol. The summed E-state index contributed by atoms with van der Waals surface area (Å²) in [4.78, 5) is 29.4. The van der Waals surface area contributed by atoms with Gasteiger partial charge in [0.05, 0.1) is 20.6 Å². The Bertz CT molecular complexity index is 1370. The van der Waals surface area contributed by atoms with E-state index in [-0.39, 0.29) is 24.8 Å². The van der Waals surface area contributed by atoms with Gasteiger partial charge in [0.25, 0.3) is 0 Å². The van der Waals surface area contributed by atoms with Crippen LogP contribution in [0, 0.1) is 6.92 Å². The number of methoxy groups -OCH3 is 2. The van der Waals surface area contributed by atoms with Crippen molar-refractivity contribution in [1.29, 1.82) is 0 Å². The van der Waals surface area contributed by atoms with E-state index in [0.717, 1.165) is 27.8 Å². The highest BCUT2D eigenvalue weighted by atomic mass is 16.5. The number of ether oxygens (including phenoxy) is 2. The van der Waals surface area contributed by atoms with E-state index in [9.17, 15) is 9.59 Å². The molecule has 1 N–H and O–H groups in total. The fourth-order valence-electron chi connectivity index (χ4n) is 4.47. The Morgan fingerprint density at radius 2 is 1.36 bits per heavy atom. The maximum absolute atomic E-state index is 14.0. The third kappa shape index (κ3) is 7.26. The van der Waals surface area contributed by atoms with Gasteiger partial charge >= 0.3 is 0 Å². The molecule has 0 heterocycles. The Morgan fingerprint density at radius 3 is 2.00 bits per heavy atom. The lowest BCUT2D eigenvalue weighted by molar-refractivity contribution is -0.141. The number of nitrogens with one attached hydrogen (secondary N) is 1. The molecule has 200 valence electrons. The third-order valence-electron chi connectivity index (χ3n) is 6.58. The van der Waals surface area contributed by atoms with E-state index >= 15 is 0 Å². The van der Waals surface area contributed by atoms with Gasteiger partial charge in [0.2, 0.25) is 11.8 Å². The van der Waals surface area contributed by atoms with Gasteiger partial charge in [0, 0.05) is 13.1 Å². The van der Waals surface area contributed by atoms with Crippen molar-refractivity contribution in [3.8, 4) is 11.5 Å². The van der Waals surface area contributed by atoms with Gasteiger partial charge in [-0.15, -0.1) is 0 Å². The van der Waals surface area contributed by atoms with E-state index in [1.165, 1.54) is 0 Å². The number of benzene rings is 4. The molecule has 0 aromatic heterocycles. The van der Waals surface area contributed by atoms with Crippen molar-refractivity contribution in [2.45, 2.75) is 32.5 Å². The first-order valence-corrected chi connectivity index (χ1v) is 12.9. The summed E-state index contributed by atoms with van der Waals surface area (Å²) >= 11 is 0. The molecule has 39 heavy (non-hydrogen) atoms. The largest absolute Gasteiger partial charge is 0.493 e. The van der Waals surface area contributed by atoms with Crippen LogP contribution in [-0.4, -0.2) is 30.9 Å². The van der Waals surface area contributed by atoms with Gasteiger partial charge in [-0.3, -0.25) is 9.59 Å². The molecule has 0 saturated carbocycles. The van der Waals surface area contributed by atoms with Crippen molar-refractivity contribution >= 4 is 11.8 Å². The molecule has 4 aromatic carbocycles. The minimum absolute atomic E-state index is 0.0990. The zero-order valence-electron chi connectivity index (χ0n) is 22.6. The van der Waals surface area contributed by atoms with Crippen LogP contribution in [0.2, 0.25) is 0 Å². The molecule has 1 atom stereocenters. The van der Waals surface area contributed by atoms with Gasteiger partial charge in [-0.25, -0.2) is 0 Å². The van der Waals surface area contributed by atoms with Crippen LogP contribution >= 0.6 is 0 Å². The Kier molecular flexibility index (Phi) is 9.35. The fraction of sp³-hybridized carbons (Fsp3) is 0.212. The minimum Gasteiger partial charge on any atom is -0.493 e. The van der Waals surface area contributed by atoms with Crippen LogP contribution in [0.3, 0.4) is 0 Å². The quantitative estimate of drug-likeness (QED) is 0.277. The molecule has 2 amide bonds. The van der Waals surface area contributed by atoms with Crippen molar-refractivity contribution in [1.82, 2.24) is 10.2 Å². The second-order valence-electron chi connectivity index (χ2n) is 9.39. The standard InChI is InChI=1S/C33H34N2O4/c1-24-14-16-25(17-15-24)22-34-33(37)32(28-12-8-5-9-13-28)35(23-26-10-6-4-7-11-26)31(36)21-27-18-19-29(38-2)30(20-27)39-3/h4-20,32H,21-23H2,1-3H3,(H,34,37)/t32-/m1/s1. The van der Waals surface area contributed by atoms with Crippen LogP contribution in [0.4, 0.5) is 0 Å². The normalized spacial score (nSPS) is 11.4. The third-order valence-corrected chi connectivity index (χ3v) is 6.58. The number of hydrogen-bond acceptors (Lipinski definition) is 4. The number of carbonyl (C=O) groups excluding carboxylic acids is 2. The number of amides is 2. The van der Waals surface area contributed by atoms with Gasteiger partial charge in [-0.2, -0.15) is 0 Å². The highest BCUT2D eigenvalue weighted by Gasteiger charge is 2.31. The van der Waals surface area contributed by atoms with E-state index in [2.05, 4.69) is 5.32 Å². The van der Waals surface area contributed by atoms with Gasteiger partial charge in [0.1, 0.15) is 6.04 Å². The van der Waals surface area contributed by atoms with Crippen LogP contribution in [0.1, 0.15) is 33.9 Å². The first-order chi connectivity index (χ1) is 19.0. The van der Waals surface area contributed by atoms with Gasteiger partial charge in [-0.1, -0.05) is 96.6 Å². The molecule has 6 heteroatoms. The maximum Gasteiger partial charge on any atom is 0.247 e. The molecule has 0 aliphatic heterocycles. The number of rotatable bonds is 11. The van der Waals surface area contributed by atoms with Gasteiger partial charge in [0.15, 0.2) is 11.5 Å². The molecule has 0 spiro atoms. The van der Waals surface area contributed by atoms with E-state index in [4.69, 9.17) is 9.47 Å². The molecule has 0 fully saturated rings. The molecular weight excluding hydrogens is 488 g/mol. The van der Waals surface area contributed by atoms with Crippen molar-refractivity contribution < 1.29 is 19.1 Å². The van der Waals surface area contributed by atoms with Crippen LogP contribution in [-0.2, 0) is 29.1 Å². The number of hydrogen-bond donors (Lipinski definition) is 1. The predicted octanol–water partition coefficient (Wildman–Crippen LogP) is 5.64. The Hall–Kier alpha value is -4.58. The van der Waals surface area contributed by atoms with Gasteiger partial charge in [-0.05, 0) is 41.3 Å². The minimum atomic E-state index is -0.815. The van der Waals surface area contributed by atoms with Crippen LogP contribution in [0.25, 0.3) is 0 Å². The second kappa shape index (κ2) is 13.3. The lowest BCUT2D eigenvalue weighted by Crippen LogP contribution is -2.43. The zero-order chi connectivity index (χ0) is 27.6. The van der Waals surface area contributed by atoms with Crippen molar-refractivity contribution in [3.05, 3.63) is 131 Å². The van der Waals surface area contributed by atoms with E-state index in [1.807, 2.05) is 97.9 Å². The zero-order valence-corrected chi connectivity index (χ0v) is 22.6. The summed E-state index contributed by atoms with van der Waals surface area (Å²) in [5, 5.41) is 3.07. The molecule has 0 aliphatic rings. The smallest absolute Gasteiger partial charge is 0.247 e. The molecule has 0 aliphatic carbocycles. The lowest BCUT2D eigenvalue weighted by Gasteiger charge is -2.32. The number of nitrogens with zero attached hydrogens (tertiary/aromatic N) is 1. The molecule has 4 rings (SSSR count). The Morgan fingerprint density at radius 1 is 0.744 bits per heavy atom. The maximum atomic E-state index is 14.0. The number of carbonyl (C=O) groups is 2. The first kappa shape index (κ1) is 27.5. The molecule has 0 radical (unpaired) electrons. The summed E-state index contributed by atoms with van der Waals surface area (Å²) in [5.74, 6) is 0.726. The predicted molar refractivity (Wildman–Crippen MR) is 152 cm³/mol. The molecule has 6 nitrogen and oxygen atoms in total. The molecule has 4 aromatic rings. The summed E-state index contributed by atoms with van der Waals surface area (Å²) in [6.07, 6.45) is 0.0990. The van der Waals surface area contributed by atoms with Gasteiger partial charge < -0.3 is 19.7 Å². The summed E-state index contributed by atoms with van der Waals surface area (Å²) in [7, 11) is 3.14. The average Bonchev–Trinajstić information content (AvgIpc) is 2.97. The molecular formula is C33H34N2O4. The van der Waals surface area contributed by atoms with Crippen molar-refractivity contribution in [3.63, 3.8) is 0 Å². The van der Waals surface area contributed by atoms with Crippen LogP contribution < -0.4 is 14.8 Å². The lowest BCUT2D eigenvalue weighted by atomic mass is 10.0. The molecule has 0 saturated heterocycles. The molecule has 0 unspecified atom stereocenters. The second-order valence-corrected chi connectivity index (χ2v) is 9.39. The summed E-state index contributed by atoms with van der Waals surface area (Å²) < 4.78 is 10.8. The highest BCUT2D eigenvalue weighted by molar-refractivity contribution is 5.89. The van der Waals surface area contributed by atoms with E-state index in [1.54, 1.807) is 31.3 Å². The first-order valence-electron chi connectivity index (χ1n) is 12.9. The van der Waals surface area contributed by atoms with Crippen molar-refractivity contribution in [2.75, 3.05) is 14.2 Å². The number of aryl methyl sites for hydroxylation is 1. The fourth-order valence-corrected chi connectivity index (χ4v) is 4.47. The Balaban J connectivity index is 1.66. The summed E-state index contributed by atoms with van der Waals surface area (Å²) in [5.41, 5.74) is 4.59. The van der Waals surface area contributed by atoms with E-state index < -0.39 is 6.04 Å². The topological polar surface area (TPSA) is 67.9 Å². The SMILES string of the molecule is COc1ccc(CC(=O)N(Cc2ccccc2)[C@@H](C(=O)NCc2ccc(C)cc2)c2ccccc2)cc1OC. The van der Waals surface area contributed by atoms with Crippen LogP contribution in [0.5, 0.6) is 11.5 Å². The van der Waals surface area contributed by atoms with E-state index in [0.29, 0.717) is 18.0 Å². The Labute approximate surface area is 230 Å². The monoisotopic (exact) mass is 522 g/mol. The summed E-state index contributed by atoms with van der Waals surface area (Å²) in [6, 6.07) is 31.8. The molecule has 0 bridgehead atoms. The summed E-state index contributed by atoms with van der Waals surface area (Å²) in [6.45, 7) is 2.68. The van der Waals surface area contributed by atoms with Crippen molar-refractivity contribution in [2.24, 2.45) is 0 Å². The highest BCUT2D eigenvalue weighted by Crippen LogP contribution is 2.29.